The van der Waals surface area contributed by atoms with Gasteiger partial charge in [-0.05, 0) is 4.21 Å². The Morgan fingerprint density at radius 3 is 0.789 bits per heavy atom. The molecule has 0 heterocycles. The predicted octanol–water partition coefficient (Wildman–Crippen LogP) is 2.49. The molecule has 0 atom stereocenters. The van der Waals surface area contributed by atoms with E-state index in [1.165, 1.54) is 0 Å². The summed E-state index contributed by atoms with van der Waals surface area (Å²) in [6.45, 7) is 0. The van der Waals surface area contributed by atoms with Crippen molar-refractivity contribution in [1.29, 1.82) is 0 Å². The van der Waals surface area contributed by atoms with Crippen molar-refractivity contribution in [2.24, 2.45) is 0 Å². The molecule has 0 amide bonds. The first-order valence-corrected chi connectivity index (χ1v) is 9.18. The van der Waals surface area contributed by atoms with Gasteiger partial charge in [0.05, 0.1) is 0 Å². The molecule has 0 N–H and O–H groups in total. The third-order valence-electron chi connectivity index (χ3n) is 2.04. The molecule has 0 aromatic heterocycles. The monoisotopic (exact) mass is 341 g/mol. The van der Waals surface area contributed by atoms with Crippen LogP contribution in [0.15, 0.2) is 0 Å². The van der Waals surface area contributed by atoms with Crippen molar-refractivity contribution in [2.75, 3.05) is 42.7 Å². The third-order valence-corrected chi connectivity index (χ3v) is 10.1. The van der Waals surface area contributed by atoms with E-state index in [0.717, 1.165) is 42.7 Å². The predicted molar refractivity (Wildman–Crippen MR) is 66.7 cm³/mol. The van der Waals surface area contributed by atoms with Crippen LogP contribution in [0, 0.1) is 0 Å². The van der Waals surface area contributed by atoms with Gasteiger partial charge < -0.3 is 0 Å². The normalized spacial score (nSPS) is 14.1. The van der Waals surface area contributed by atoms with E-state index in [0.29, 0.717) is 0 Å². The molecule has 0 saturated heterocycles. The molecule has 0 unspecified atom stereocenters. The van der Waals surface area contributed by atoms with Crippen LogP contribution in [-0.2, 0) is 40.8 Å². The Morgan fingerprint density at radius 2 is 0.684 bits per heavy atom. The molecule has 0 bridgehead atoms. The minimum Gasteiger partial charge on any atom is -0.299 e. The van der Waals surface area contributed by atoms with E-state index in [4.69, 9.17) is 0 Å². The van der Waals surface area contributed by atoms with Crippen molar-refractivity contribution in [3.63, 3.8) is 0 Å². The van der Waals surface area contributed by atoms with Crippen molar-refractivity contribution in [1.82, 2.24) is 4.21 Å². The van der Waals surface area contributed by atoms with Crippen LogP contribution in [-0.4, -0.2) is 46.9 Å². The van der Waals surface area contributed by atoms with Crippen molar-refractivity contribution in [3.05, 3.63) is 0 Å². The molecule has 10 nitrogen and oxygen atoms in total. The summed E-state index contributed by atoms with van der Waals surface area (Å²) in [7, 11) is -6.86. The minimum absolute atomic E-state index is 0.229. The van der Waals surface area contributed by atoms with E-state index in [2.05, 4.69) is 27.1 Å². The topological polar surface area (TPSA) is 110 Å². The first-order valence-electron chi connectivity index (χ1n) is 4.69. The van der Waals surface area contributed by atoms with Crippen LogP contribution in [0.3, 0.4) is 0 Å². The summed E-state index contributed by atoms with van der Waals surface area (Å²) < 4.78 is 65.3. The Kier molecular flexibility index (Phi) is 7.59. The van der Waals surface area contributed by atoms with Gasteiger partial charge in [0, 0.05) is 42.7 Å². The lowest BCUT2D eigenvalue weighted by molar-refractivity contribution is 0.189. The van der Waals surface area contributed by atoms with Crippen LogP contribution >= 0.6 is 23.2 Å². The molecule has 0 aliphatic rings. The van der Waals surface area contributed by atoms with E-state index in [1.807, 2.05) is 0 Å². The van der Waals surface area contributed by atoms with Gasteiger partial charge in [0.2, 0.25) is 0 Å². The zero-order valence-electron chi connectivity index (χ0n) is 11.5. The van der Waals surface area contributed by atoms with Crippen molar-refractivity contribution < 1.29 is 40.8 Å². The lowest BCUT2D eigenvalue weighted by atomic mass is 11.8. The van der Waals surface area contributed by atoms with Crippen molar-refractivity contribution in [2.45, 2.75) is 0 Å². The van der Waals surface area contributed by atoms with Crippen LogP contribution in [0.4, 0.5) is 0 Å². The first kappa shape index (κ1) is 19.4. The van der Waals surface area contributed by atoms with Gasteiger partial charge in [-0.15, -0.1) is 0 Å². The van der Waals surface area contributed by atoms with Gasteiger partial charge >= 0.3 is 23.2 Å². The van der Waals surface area contributed by atoms with E-state index in [1.54, 1.807) is 0 Å². The molecule has 0 aliphatic heterocycles. The van der Waals surface area contributed by atoms with Gasteiger partial charge in [0.15, 0.2) is 0 Å². The van der Waals surface area contributed by atoms with Crippen LogP contribution in [0.5, 0.6) is 0 Å². The number of hydrogen-bond acceptors (Lipinski definition) is 9. The lowest BCUT2D eigenvalue weighted by Gasteiger charge is -2.33. The average molecular weight is 341 g/mol. The smallest absolute Gasteiger partial charge is 0.299 e. The highest BCUT2D eigenvalue weighted by Crippen LogP contribution is 2.80. The van der Waals surface area contributed by atoms with Crippen LogP contribution < -0.4 is 0 Å². The molecule has 0 fully saturated rings. The number of rotatable bonds is 9. The molecule has 19 heavy (non-hydrogen) atoms. The summed E-state index contributed by atoms with van der Waals surface area (Å²) in [6.07, 6.45) is 0. The molecule has 116 valence electrons. The summed E-state index contributed by atoms with van der Waals surface area (Å²) in [6, 6.07) is 0. The average Bonchev–Trinajstić information content (AvgIpc) is 2.46. The van der Waals surface area contributed by atoms with E-state index >= 15 is 0 Å². The van der Waals surface area contributed by atoms with Gasteiger partial charge in [-0.25, -0.2) is 13.7 Å². The molecule has 0 saturated carbocycles. The standard InChI is InChI=1S/C6H18NO9P3/c1-11-17(8,12-2)7(18(9,13-3)14-4)19(10,15-5)16-6/h1-6H3. The summed E-state index contributed by atoms with van der Waals surface area (Å²) in [5, 5.41) is 0. The maximum Gasteiger partial charge on any atom is 0.426 e. The quantitative estimate of drug-likeness (QED) is 0.580. The minimum atomic E-state index is -4.29. The highest BCUT2D eigenvalue weighted by Gasteiger charge is 2.58. The van der Waals surface area contributed by atoms with Crippen molar-refractivity contribution in [3.8, 4) is 0 Å². The Labute approximate surface area is 112 Å². The second-order valence-corrected chi connectivity index (χ2v) is 9.92. The maximum absolute atomic E-state index is 12.4. The second-order valence-electron chi connectivity index (χ2n) is 2.77. The molecule has 0 spiro atoms. The SMILES string of the molecule is COP(=O)(OC)N(P(=O)(OC)OC)P(=O)(OC)OC. The number of nitrogens with zero attached hydrogens (tertiary/aromatic N) is 1. The van der Waals surface area contributed by atoms with Crippen LogP contribution in [0.25, 0.3) is 0 Å². The summed E-state index contributed by atoms with van der Waals surface area (Å²) in [5.74, 6) is 0. The molecule has 0 aliphatic carbocycles. The zero-order valence-corrected chi connectivity index (χ0v) is 14.1. The molecule has 0 aromatic rings. The van der Waals surface area contributed by atoms with E-state index in [9.17, 15) is 13.7 Å². The Balaban J connectivity index is 6.13. The zero-order chi connectivity index (χ0) is 15.3. The molecular weight excluding hydrogens is 323 g/mol. The second kappa shape index (κ2) is 7.43. The van der Waals surface area contributed by atoms with Crippen LogP contribution in [0.2, 0.25) is 0 Å². The first-order chi connectivity index (χ1) is 8.73. The number of hydrogen-bond donors (Lipinski definition) is 0. The fourth-order valence-electron chi connectivity index (χ4n) is 1.06. The lowest BCUT2D eigenvalue weighted by Crippen LogP contribution is -2.20. The summed E-state index contributed by atoms with van der Waals surface area (Å²) in [5.41, 5.74) is 0. The van der Waals surface area contributed by atoms with Gasteiger partial charge in [-0.3, -0.25) is 27.1 Å². The Morgan fingerprint density at radius 1 is 0.526 bits per heavy atom. The van der Waals surface area contributed by atoms with E-state index in [-0.39, 0.29) is 4.21 Å². The summed E-state index contributed by atoms with van der Waals surface area (Å²) >= 11 is 0. The highest BCUT2D eigenvalue weighted by molar-refractivity contribution is 7.80. The van der Waals surface area contributed by atoms with Gasteiger partial charge in [-0.2, -0.15) is 0 Å². The van der Waals surface area contributed by atoms with E-state index < -0.39 is 23.2 Å². The Hall–Kier alpha value is 0.410. The molecule has 0 aromatic carbocycles. The van der Waals surface area contributed by atoms with Crippen molar-refractivity contribution >= 4 is 23.2 Å². The maximum atomic E-state index is 12.4. The molecule has 0 rings (SSSR count). The van der Waals surface area contributed by atoms with Gasteiger partial charge in [0.25, 0.3) is 0 Å². The van der Waals surface area contributed by atoms with Gasteiger partial charge in [-0.1, -0.05) is 0 Å². The Bertz CT molecular complexity index is 340. The largest absolute Gasteiger partial charge is 0.426 e. The third kappa shape index (κ3) is 3.74. The molecule has 0 radical (unpaired) electrons. The highest BCUT2D eigenvalue weighted by atomic mass is 31.3. The van der Waals surface area contributed by atoms with Crippen LogP contribution in [0.1, 0.15) is 0 Å². The fourth-order valence-corrected chi connectivity index (χ4v) is 8.24. The fraction of sp³-hybridized carbons (Fsp3) is 1.00. The molecule has 13 heteroatoms. The van der Waals surface area contributed by atoms with Gasteiger partial charge in [0.1, 0.15) is 0 Å². The summed E-state index contributed by atoms with van der Waals surface area (Å²) in [4.78, 5) is 0. The molecular formula is C6H18NO9P3.